The highest BCUT2D eigenvalue weighted by molar-refractivity contribution is 9.10. The molecule has 1 unspecified atom stereocenters. The molecule has 7 heteroatoms. The molecule has 0 aliphatic carbocycles. The number of amides is 1. The van der Waals surface area contributed by atoms with E-state index >= 15 is 0 Å². The first kappa shape index (κ1) is 18.1. The predicted octanol–water partition coefficient (Wildman–Crippen LogP) is 3.65. The average molecular weight is 420 g/mol. The maximum Gasteiger partial charge on any atom is 0.295 e. The number of benzene rings is 2. The maximum absolute atomic E-state index is 14.0. The van der Waals surface area contributed by atoms with Crippen molar-refractivity contribution in [2.75, 3.05) is 14.2 Å². The van der Waals surface area contributed by atoms with Crippen LogP contribution in [0.4, 0.5) is 4.39 Å². The summed E-state index contributed by atoms with van der Waals surface area (Å²) in [6, 6.07) is 10.2. The van der Waals surface area contributed by atoms with Gasteiger partial charge in [0.2, 0.25) is 0 Å². The highest BCUT2D eigenvalue weighted by Crippen LogP contribution is 2.39. The Morgan fingerprint density at radius 2 is 1.96 bits per heavy atom. The molecule has 1 saturated heterocycles. The van der Waals surface area contributed by atoms with Gasteiger partial charge >= 0.3 is 0 Å². The van der Waals surface area contributed by atoms with Gasteiger partial charge in [0.15, 0.2) is 11.6 Å². The van der Waals surface area contributed by atoms with Crippen molar-refractivity contribution in [3.63, 3.8) is 0 Å². The summed E-state index contributed by atoms with van der Waals surface area (Å²) in [5.74, 6) is -2.64. The molecule has 1 heterocycles. The quantitative estimate of drug-likeness (QED) is 0.468. The molecule has 134 valence electrons. The van der Waals surface area contributed by atoms with E-state index in [1.807, 2.05) is 6.07 Å². The van der Waals surface area contributed by atoms with Gasteiger partial charge < -0.3 is 14.7 Å². The SMILES string of the molecule is COc1ccc(/C(O)=C2\C(=O)C(=O)N(C)C2c2cccc(Br)c2)cc1F. The molecule has 2 aromatic rings. The monoisotopic (exact) mass is 419 g/mol. The van der Waals surface area contributed by atoms with Gasteiger partial charge in [0.1, 0.15) is 5.76 Å². The molecule has 26 heavy (non-hydrogen) atoms. The standard InChI is InChI=1S/C19H15BrFNO4/c1-22-16(10-4-3-5-12(20)8-10)15(18(24)19(22)25)17(23)11-6-7-14(26-2)13(21)9-11/h3-9,16,23H,1-2H3/b17-15+. The van der Waals surface area contributed by atoms with Crippen LogP contribution in [0, 0.1) is 5.82 Å². The molecule has 0 bridgehead atoms. The van der Waals surface area contributed by atoms with E-state index in [-0.39, 0.29) is 16.9 Å². The summed E-state index contributed by atoms with van der Waals surface area (Å²) in [5.41, 5.74) is 0.659. The Morgan fingerprint density at radius 3 is 2.58 bits per heavy atom. The van der Waals surface area contributed by atoms with Crippen molar-refractivity contribution in [3.05, 3.63) is 69.5 Å². The number of carbonyl (C=O) groups excluding carboxylic acids is 2. The molecule has 1 N–H and O–H groups in total. The number of rotatable bonds is 3. The van der Waals surface area contributed by atoms with Crippen LogP contribution in [0.15, 0.2) is 52.5 Å². The number of Topliss-reactive ketones (excluding diaryl/α,β-unsaturated/α-hetero) is 1. The number of carbonyl (C=O) groups is 2. The van der Waals surface area contributed by atoms with E-state index in [2.05, 4.69) is 15.9 Å². The third-order valence-corrected chi connectivity index (χ3v) is 4.76. The van der Waals surface area contributed by atoms with Gasteiger partial charge in [-0.25, -0.2) is 4.39 Å². The average Bonchev–Trinajstić information content (AvgIpc) is 2.85. The van der Waals surface area contributed by atoms with Crippen molar-refractivity contribution >= 4 is 33.4 Å². The highest BCUT2D eigenvalue weighted by Gasteiger charge is 2.44. The molecule has 0 aromatic heterocycles. The summed E-state index contributed by atoms with van der Waals surface area (Å²) in [6.45, 7) is 0. The molecular weight excluding hydrogens is 405 g/mol. The first-order chi connectivity index (χ1) is 12.3. The molecule has 1 amide bonds. The Bertz CT molecular complexity index is 941. The number of methoxy groups -OCH3 is 1. The molecular formula is C19H15BrFNO4. The molecule has 3 rings (SSSR count). The van der Waals surface area contributed by atoms with Crippen LogP contribution in [0.2, 0.25) is 0 Å². The lowest BCUT2D eigenvalue weighted by molar-refractivity contribution is -0.139. The summed E-state index contributed by atoms with van der Waals surface area (Å²) in [7, 11) is 2.81. The first-order valence-corrected chi connectivity index (χ1v) is 8.48. The van der Waals surface area contributed by atoms with Gasteiger partial charge in [0, 0.05) is 17.1 Å². The number of likely N-dealkylation sites (N-methyl/N-ethyl adjacent to an activating group) is 1. The maximum atomic E-state index is 14.0. The van der Waals surface area contributed by atoms with Crippen LogP contribution in [0.3, 0.4) is 0 Å². The highest BCUT2D eigenvalue weighted by atomic mass is 79.9. The van der Waals surface area contributed by atoms with E-state index in [4.69, 9.17) is 4.74 Å². The van der Waals surface area contributed by atoms with Crippen LogP contribution in [0.1, 0.15) is 17.2 Å². The lowest BCUT2D eigenvalue weighted by atomic mass is 9.95. The lowest BCUT2D eigenvalue weighted by Crippen LogP contribution is -2.24. The number of ketones is 1. The van der Waals surface area contributed by atoms with Crippen LogP contribution < -0.4 is 4.74 Å². The van der Waals surface area contributed by atoms with Gasteiger partial charge in [-0.05, 0) is 35.9 Å². The molecule has 0 saturated carbocycles. The Balaban J connectivity index is 2.18. The molecule has 5 nitrogen and oxygen atoms in total. The molecule has 1 fully saturated rings. The fourth-order valence-corrected chi connectivity index (χ4v) is 3.40. The Kier molecular flexibility index (Phi) is 4.82. The minimum atomic E-state index is -0.814. The number of likely N-dealkylation sites (tertiary alicyclic amines) is 1. The largest absolute Gasteiger partial charge is 0.507 e. The molecule has 1 aliphatic rings. The summed E-state index contributed by atoms with van der Waals surface area (Å²) >= 11 is 3.36. The van der Waals surface area contributed by atoms with Crippen molar-refractivity contribution in [3.8, 4) is 5.75 Å². The van der Waals surface area contributed by atoms with Crippen LogP contribution in [0.25, 0.3) is 5.76 Å². The lowest BCUT2D eigenvalue weighted by Gasteiger charge is -2.21. The van der Waals surface area contributed by atoms with E-state index in [0.29, 0.717) is 5.56 Å². The molecule has 0 spiro atoms. The third-order valence-electron chi connectivity index (χ3n) is 4.26. The van der Waals surface area contributed by atoms with E-state index in [1.54, 1.807) is 18.2 Å². The normalized spacial score (nSPS) is 19.1. The minimum absolute atomic E-state index is 0.0148. The summed E-state index contributed by atoms with van der Waals surface area (Å²) in [6.07, 6.45) is 0. The zero-order chi connectivity index (χ0) is 19.0. The second-order valence-electron chi connectivity index (χ2n) is 5.81. The van der Waals surface area contributed by atoms with Gasteiger partial charge in [-0.15, -0.1) is 0 Å². The van der Waals surface area contributed by atoms with Gasteiger partial charge in [0.25, 0.3) is 11.7 Å². The van der Waals surface area contributed by atoms with Crippen LogP contribution in [-0.4, -0.2) is 35.9 Å². The molecule has 0 radical (unpaired) electrons. The molecule has 1 aliphatic heterocycles. The number of ether oxygens (including phenoxy) is 1. The first-order valence-electron chi connectivity index (χ1n) is 7.69. The summed E-state index contributed by atoms with van der Waals surface area (Å²) in [5, 5.41) is 10.7. The summed E-state index contributed by atoms with van der Waals surface area (Å²) in [4.78, 5) is 25.9. The number of hydrogen-bond donors (Lipinski definition) is 1. The van der Waals surface area contributed by atoms with Crippen molar-refractivity contribution in [2.45, 2.75) is 6.04 Å². The van der Waals surface area contributed by atoms with E-state index in [0.717, 1.165) is 10.5 Å². The predicted molar refractivity (Wildman–Crippen MR) is 97.2 cm³/mol. The van der Waals surface area contributed by atoms with Gasteiger partial charge in [-0.2, -0.15) is 0 Å². The van der Waals surface area contributed by atoms with Gasteiger partial charge in [-0.1, -0.05) is 28.1 Å². The van der Waals surface area contributed by atoms with Crippen molar-refractivity contribution in [2.24, 2.45) is 0 Å². The van der Waals surface area contributed by atoms with Crippen LogP contribution in [-0.2, 0) is 9.59 Å². The van der Waals surface area contributed by atoms with E-state index < -0.39 is 29.3 Å². The van der Waals surface area contributed by atoms with Crippen LogP contribution in [0.5, 0.6) is 5.75 Å². The zero-order valence-corrected chi connectivity index (χ0v) is 15.6. The van der Waals surface area contributed by atoms with E-state index in [1.165, 1.54) is 31.2 Å². The van der Waals surface area contributed by atoms with Crippen molar-refractivity contribution < 1.29 is 23.8 Å². The van der Waals surface area contributed by atoms with Gasteiger partial charge in [0.05, 0.1) is 18.7 Å². The number of nitrogens with zero attached hydrogens (tertiary/aromatic N) is 1. The Hall–Kier alpha value is -2.67. The fourth-order valence-electron chi connectivity index (χ4n) is 2.98. The van der Waals surface area contributed by atoms with Crippen molar-refractivity contribution in [1.82, 2.24) is 4.90 Å². The van der Waals surface area contributed by atoms with Crippen molar-refractivity contribution in [1.29, 1.82) is 0 Å². The number of aliphatic hydroxyl groups is 1. The smallest absolute Gasteiger partial charge is 0.295 e. The fraction of sp³-hybridized carbons (Fsp3) is 0.158. The topological polar surface area (TPSA) is 66.8 Å². The van der Waals surface area contributed by atoms with Crippen LogP contribution >= 0.6 is 15.9 Å². The Labute approximate surface area is 157 Å². The molecule has 1 atom stereocenters. The second kappa shape index (κ2) is 6.92. The molecule has 2 aromatic carbocycles. The summed E-state index contributed by atoms with van der Waals surface area (Å²) < 4.78 is 19.6. The number of hydrogen-bond acceptors (Lipinski definition) is 4. The van der Waals surface area contributed by atoms with Gasteiger partial charge in [-0.3, -0.25) is 9.59 Å². The zero-order valence-electron chi connectivity index (χ0n) is 14.0. The van der Waals surface area contributed by atoms with E-state index in [9.17, 15) is 19.1 Å². The Morgan fingerprint density at radius 1 is 1.23 bits per heavy atom. The second-order valence-corrected chi connectivity index (χ2v) is 6.73. The third kappa shape index (κ3) is 2.99. The minimum Gasteiger partial charge on any atom is -0.507 e. The number of halogens is 2. The number of aliphatic hydroxyl groups excluding tert-OH is 1.